The first-order chi connectivity index (χ1) is 11.0. The van der Waals surface area contributed by atoms with Gasteiger partial charge in [0.05, 0.1) is 5.52 Å². The van der Waals surface area contributed by atoms with Gasteiger partial charge in [-0.1, -0.05) is 33.6 Å². The molecule has 5 nitrogen and oxygen atoms in total. The van der Waals surface area contributed by atoms with E-state index in [0.29, 0.717) is 10.9 Å². The molecular weight excluding hydrogens is 358 g/mol. The Morgan fingerprint density at radius 1 is 1.17 bits per heavy atom. The van der Waals surface area contributed by atoms with Gasteiger partial charge in [0.2, 0.25) is 5.88 Å². The number of hydrogen-bond acceptors (Lipinski definition) is 3. The fraction of sp³-hybridized carbons (Fsp3) is 0.118. The molecule has 0 fully saturated rings. The summed E-state index contributed by atoms with van der Waals surface area (Å²) < 4.78 is 0.922. The van der Waals surface area contributed by atoms with Crippen molar-refractivity contribution in [2.24, 2.45) is 10.2 Å². The van der Waals surface area contributed by atoms with E-state index in [-0.39, 0.29) is 11.6 Å². The van der Waals surface area contributed by atoms with Crippen molar-refractivity contribution in [2.75, 3.05) is 0 Å². The number of nitrogens with zero attached hydrogens (tertiary/aromatic N) is 2. The number of rotatable bonds is 2. The van der Waals surface area contributed by atoms with Gasteiger partial charge in [0, 0.05) is 15.4 Å². The Morgan fingerprint density at radius 3 is 2.57 bits per heavy atom. The zero-order valence-corrected chi connectivity index (χ0v) is 14.2. The summed E-state index contributed by atoms with van der Waals surface area (Å²) in [5, 5.41) is 18.4. The van der Waals surface area contributed by atoms with Gasteiger partial charge in [0.25, 0.3) is 5.91 Å². The summed E-state index contributed by atoms with van der Waals surface area (Å²) >= 11 is 3.44. The zero-order chi connectivity index (χ0) is 16.6. The van der Waals surface area contributed by atoms with Gasteiger partial charge in [-0.2, -0.15) is 0 Å². The molecule has 0 atom stereocenters. The highest BCUT2D eigenvalue weighted by Gasteiger charge is 2.13. The summed E-state index contributed by atoms with van der Waals surface area (Å²) in [6.45, 7) is 3.88. The highest BCUT2D eigenvalue weighted by Crippen LogP contribution is 2.37. The molecule has 1 amide bonds. The number of H-pyrrole nitrogens is 1. The second-order valence-corrected chi connectivity index (χ2v) is 6.19. The van der Waals surface area contributed by atoms with Crippen LogP contribution in [-0.4, -0.2) is 16.0 Å². The van der Waals surface area contributed by atoms with E-state index in [0.717, 1.165) is 21.1 Å². The maximum Gasteiger partial charge on any atom is 0.295 e. The van der Waals surface area contributed by atoms with Gasteiger partial charge < -0.3 is 10.1 Å². The molecule has 116 valence electrons. The number of halogens is 1. The molecule has 0 radical (unpaired) electrons. The molecule has 0 saturated heterocycles. The number of amides is 1. The van der Waals surface area contributed by atoms with E-state index in [1.54, 1.807) is 12.1 Å². The van der Waals surface area contributed by atoms with E-state index in [9.17, 15) is 9.90 Å². The molecule has 0 bridgehead atoms. The van der Waals surface area contributed by atoms with Gasteiger partial charge in [0.15, 0.2) is 5.69 Å². The van der Waals surface area contributed by atoms with Crippen molar-refractivity contribution in [2.45, 2.75) is 13.8 Å². The molecule has 0 saturated carbocycles. The van der Waals surface area contributed by atoms with Gasteiger partial charge in [-0.15, -0.1) is 10.2 Å². The van der Waals surface area contributed by atoms with Crippen molar-refractivity contribution in [3.05, 3.63) is 57.6 Å². The van der Waals surface area contributed by atoms with Gasteiger partial charge in [-0.25, -0.2) is 0 Å². The van der Waals surface area contributed by atoms with Crippen LogP contribution < -0.4 is 0 Å². The van der Waals surface area contributed by atoms with Crippen LogP contribution >= 0.6 is 15.9 Å². The lowest BCUT2D eigenvalue weighted by Gasteiger charge is -1.98. The van der Waals surface area contributed by atoms with E-state index in [4.69, 9.17) is 0 Å². The summed E-state index contributed by atoms with van der Waals surface area (Å²) in [5.74, 6) is -0.564. The second kappa shape index (κ2) is 5.96. The normalized spacial score (nSPS) is 11.4. The minimum Gasteiger partial charge on any atom is -0.493 e. The number of aromatic amines is 1. The summed E-state index contributed by atoms with van der Waals surface area (Å²) in [5.41, 5.74) is 3.50. The second-order valence-electron chi connectivity index (χ2n) is 5.34. The quantitative estimate of drug-likeness (QED) is 0.608. The molecule has 0 spiro atoms. The SMILES string of the molecule is Cc1ccc(C(=O)N=Nc2c(O)[nH]c3cc(Br)c(C)cc23)cc1. The summed E-state index contributed by atoms with van der Waals surface area (Å²) in [7, 11) is 0. The molecule has 0 aliphatic carbocycles. The van der Waals surface area contributed by atoms with Crippen LogP contribution in [0.15, 0.2) is 51.1 Å². The van der Waals surface area contributed by atoms with Crippen molar-refractivity contribution < 1.29 is 9.90 Å². The van der Waals surface area contributed by atoms with Gasteiger partial charge >= 0.3 is 0 Å². The molecule has 23 heavy (non-hydrogen) atoms. The molecule has 3 rings (SSSR count). The van der Waals surface area contributed by atoms with E-state index < -0.39 is 5.91 Å². The van der Waals surface area contributed by atoms with Crippen LogP contribution in [0.25, 0.3) is 10.9 Å². The lowest BCUT2D eigenvalue weighted by atomic mass is 10.1. The fourth-order valence-corrected chi connectivity index (χ4v) is 2.59. The standard InChI is InChI=1S/C17H14BrN3O2/c1-9-3-5-11(6-4-9)16(22)21-20-15-12-7-10(2)13(18)8-14(12)19-17(15)23/h3-8,19,23H,1-2H3. The average molecular weight is 372 g/mol. The Kier molecular flexibility index (Phi) is 4.00. The van der Waals surface area contributed by atoms with Gasteiger partial charge in [-0.3, -0.25) is 4.79 Å². The molecule has 2 N–H and O–H groups in total. The maximum absolute atomic E-state index is 12.1. The molecule has 1 heterocycles. The van der Waals surface area contributed by atoms with Crippen LogP contribution in [0.4, 0.5) is 5.69 Å². The third kappa shape index (κ3) is 3.03. The fourth-order valence-electron chi connectivity index (χ4n) is 2.25. The highest BCUT2D eigenvalue weighted by molar-refractivity contribution is 9.10. The van der Waals surface area contributed by atoms with Crippen molar-refractivity contribution in [1.29, 1.82) is 0 Å². The average Bonchev–Trinajstić information content (AvgIpc) is 2.81. The monoisotopic (exact) mass is 371 g/mol. The highest BCUT2D eigenvalue weighted by atomic mass is 79.9. The number of fused-ring (bicyclic) bond motifs is 1. The summed E-state index contributed by atoms with van der Waals surface area (Å²) in [6.07, 6.45) is 0. The third-order valence-electron chi connectivity index (χ3n) is 3.57. The zero-order valence-electron chi connectivity index (χ0n) is 12.6. The first-order valence-electron chi connectivity index (χ1n) is 6.99. The van der Waals surface area contributed by atoms with Crippen molar-refractivity contribution in [1.82, 2.24) is 4.98 Å². The van der Waals surface area contributed by atoms with Crippen LogP contribution in [-0.2, 0) is 0 Å². The predicted molar refractivity (Wildman–Crippen MR) is 92.4 cm³/mol. The van der Waals surface area contributed by atoms with Gasteiger partial charge in [-0.05, 0) is 43.7 Å². The lowest BCUT2D eigenvalue weighted by Crippen LogP contribution is -1.92. The minimum atomic E-state index is -0.451. The molecule has 1 aromatic heterocycles. The van der Waals surface area contributed by atoms with Crippen LogP contribution in [0.5, 0.6) is 5.88 Å². The summed E-state index contributed by atoms with van der Waals surface area (Å²) in [4.78, 5) is 14.9. The van der Waals surface area contributed by atoms with Crippen LogP contribution in [0.1, 0.15) is 21.5 Å². The Hall–Kier alpha value is -2.47. The number of azo groups is 1. The molecular formula is C17H14BrN3O2. The Balaban J connectivity index is 1.97. The first kappa shape index (κ1) is 15.4. The number of aromatic nitrogens is 1. The molecule has 6 heteroatoms. The van der Waals surface area contributed by atoms with E-state index in [2.05, 4.69) is 31.1 Å². The third-order valence-corrected chi connectivity index (χ3v) is 4.42. The first-order valence-corrected chi connectivity index (χ1v) is 7.78. The van der Waals surface area contributed by atoms with Crippen molar-refractivity contribution in [3.63, 3.8) is 0 Å². The number of benzene rings is 2. The predicted octanol–water partition coefficient (Wildman–Crippen LogP) is 5.18. The smallest absolute Gasteiger partial charge is 0.295 e. The number of carbonyl (C=O) groups is 1. The van der Waals surface area contributed by atoms with Crippen molar-refractivity contribution in [3.8, 4) is 5.88 Å². The number of nitrogens with one attached hydrogen (secondary N) is 1. The molecule has 3 aromatic rings. The molecule has 0 aliphatic heterocycles. The molecule has 0 unspecified atom stereocenters. The minimum absolute atomic E-state index is 0.113. The Morgan fingerprint density at radius 2 is 1.87 bits per heavy atom. The van der Waals surface area contributed by atoms with Crippen LogP contribution in [0.2, 0.25) is 0 Å². The van der Waals surface area contributed by atoms with Crippen LogP contribution in [0.3, 0.4) is 0 Å². The summed E-state index contributed by atoms with van der Waals surface area (Å²) in [6, 6.07) is 10.8. The Bertz CT molecular complexity index is 927. The number of carbonyl (C=O) groups excluding carboxylic acids is 1. The topological polar surface area (TPSA) is 77.8 Å². The number of aryl methyl sites for hydroxylation is 2. The largest absolute Gasteiger partial charge is 0.493 e. The van der Waals surface area contributed by atoms with Crippen molar-refractivity contribution >= 4 is 38.4 Å². The van der Waals surface area contributed by atoms with E-state index >= 15 is 0 Å². The van der Waals surface area contributed by atoms with E-state index in [1.807, 2.05) is 38.1 Å². The van der Waals surface area contributed by atoms with Crippen LogP contribution in [0, 0.1) is 13.8 Å². The maximum atomic E-state index is 12.1. The number of hydrogen-bond donors (Lipinski definition) is 2. The number of aromatic hydroxyl groups is 1. The molecule has 0 aliphatic rings. The van der Waals surface area contributed by atoms with Gasteiger partial charge in [0.1, 0.15) is 0 Å². The van der Waals surface area contributed by atoms with E-state index in [1.165, 1.54) is 0 Å². The Labute approximate surface area is 141 Å². The lowest BCUT2D eigenvalue weighted by molar-refractivity contribution is 0.0995. The molecule has 2 aromatic carbocycles.